The first-order chi connectivity index (χ1) is 4.63. The van der Waals surface area contributed by atoms with Crippen LogP contribution in [0.2, 0.25) is 0 Å². The largest absolute Gasteiger partial charge is 0.321 e. The number of rotatable bonds is 0. The first-order valence-corrected chi connectivity index (χ1v) is 3.58. The average molecular weight is 160 g/mol. The van der Waals surface area contributed by atoms with Crippen LogP contribution in [-0.4, -0.2) is 20.3 Å². The van der Waals surface area contributed by atoms with E-state index in [9.17, 15) is 13.8 Å². The third-order valence-corrected chi connectivity index (χ3v) is 2.09. The molecular formula is C4H4N2O3S. The fourth-order valence-electron chi connectivity index (χ4n) is 0.435. The van der Waals surface area contributed by atoms with Gasteiger partial charge in [-0.05, 0) is 6.92 Å². The lowest BCUT2D eigenvalue weighted by Gasteiger charge is -2.04. The van der Waals surface area contributed by atoms with Crippen LogP contribution in [0.5, 0.6) is 0 Å². The van der Waals surface area contributed by atoms with Gasteiger partial charge >= 0.3 is 11.0 Å². The highest BCUT2D eigenvalue weighted by Crippen LogP contribution is 1.94. The molecule has 54 valence electrons. The average Bonchev–Trinajstić information content (AvgIpc) is 1.93. The van der Waals surface area contributed by atoms with Crippen molar-refractivity contribution in [3.63, 3.8) is 0 Å². The topological polar surface area (TPSA) is 75.6 Å². The summed E-state index contributed by atoms with van der Waals surface area (Å²) in [5.74, 6) is -0.913. The molecule has 1 N–H and O–H groups in total. The highest BCUT2D eigenvalue weighted by molar-refractivity contribution is 8.15. The number of hydrazone groups is 1. The minimum atomic E-state index is -1.86. The quantitative estimate of drug-likeness (QED) is 0.449. The Morgan fingerprint density at radius 1 is 1.50 bits per heavy atom. The van der Waals surface area contributed by atoms with Crippen LogP contribution in [0.4, 0.5) is 0 Å². The maximum atomic E-state index is 10.7. The fraction of sp³-hybridized carbons (Fsp3) is 0.250. The Hall–Kier alpha value is -1.04. The van der Waals surface area contributed by atoms with Gasteiger partial charge in [0.05, 0.1) is 0 Å². The molecule has 0 aliphatic carbocycles. The van der Waals surface area contributed by atoms with Crippen molar-refractivity contribution in [2.75, 3.05) is 0 Å². The summed E-state index contributed by atoms with van der Waals surface area (Å²) in [5.41, 5.74) is 1.92. The van der Waals surface area contributed by atoms with Crippen molar-refractivity contribution < 1.29 is 13.8 Å². The molecule has 0 spiro atoms. The summed E-state index contributed by atoms with van der Waals surface area (Å²) in [6, 6.07) is 0. The molecule has 1 amide bonds. The molecule has 0 fully saturated rings. The van der Waals surface area contributed by atoms with Crippen LogP contribution >= 0.6 is 0 Å². The van der Waals surface area contributed by atoms with Crippen LogP contribution in [0.3, 0.4) is 0 Å². The third-order valence-electron chi connectivity index (χ3n) is 0.937. The van der Waals surface area contributed by atoms with Gasteiger partial charge in [-0.3, -0.25) is 9.59 Å². The van der Waals surface area contributed by atoms with Crippen molar-refractivity contribution in [2.45, 2.75) is 6.92 Å². The van der Waals surface area contributed by atoms with Gasteiger partial charge in [0.1, 0.15) is 15.8 Å². The van der Waals surface area contributed by atoms with Crippen LogP contribution in [0, 0.1) is 0 Å². The molecule has 0 saturated carbocycles. The summed E-state index contributed by atoms with van der Waals surface area (Å²) in [4.78, 5) is 20.9. The lowest BCUT2D eigenvalue weighted by atomic mass is 10.7. The minimum Gasteiger partial charge on any atom is -0.273 e. The zero-order chi connectivity index (χ0) is 7.72. The molecular weight excluding hydrogens is 156 g/mol. The molecule has 6 heteroatoms. The number of carbonyl (C=O) groups is 2. The SMILES string of the molecule is CC1=NNC(=O)C(=O)S1=O. The van der Waals surface area contributed by atoms with Crippen molar-refractivity contribution in [1.29, 1.82) is 0 Å². The second kappa shape index (κ2) is 2.30. The molecule has 1 heterocycles. The molecule has 0 radical (unpaired) electrons. The standard InChI is InChI=1S/C4H4N2O3S/c1-2-5-6-3(7)4(8)10(2)9/h1H3,(H,6,7). The highest BCUT2D eigenvalue weighted by atomic mass is 32.2. The van der Waals surface area contributed by atoms with E-state index < -0.39 is 21.8 Å². The van der Waals surface area contributed by atoms with Crippen LogP contribution in [0.1, 0.15) is 6.92 Å². The van der Waals surface area contributed by atoms with Gasteiger partial charge in [-0.15, -0.1) is 0 Å². The Bertz CT molecular complexity index is 257. The summed E-state index contributed by atoms with van der Waals surface area (Å²) in [6.07, 6.45) is 0. The molecule has 0 saturated heterocycles. The van der Waals surface area contributed by atoms with Gasteiger partial charge in [0.2, 0.25) is 0 Å². The van der Waals surface area contributed by atoms with Crippen LogP contribution in [0.15, 0.2) is 5.10 Å². The van der Waals surface area contributed by atoms with E-state index in [4.69, 9.17) is 0 Å². The lowest BCUT2D eigenvalue weighted by Crippen LogP contribution is -2.37. The summed E-state index contributed by atoms with van der Waals surface area (Å²) >= 11 is 0. The Morgan fingerprint density at radius 3 is 2.60 bits per heavy atom. The van der Waals surface area contributed by atoms with Gasteiger partial charge < -0.3 is 0 Å². The van der Waals surface area contributed by atoms with Crippen molar-refractivity contribution in [3.05, 3.63) is 0 Å². The Kier molecular flexibility index (Phi) is 1.62. The van der Waals surface area contributed by atoms with E-state index in [0.717, 1.165) is 0 Å². The number of carbonyl (C=O) groups excluding carboxylic acids is 2. The molecule has 1 rings (SSSR count). The maximum Gasteiger partial charge on any atom is 0.321 e. The number of amides is 1. The first kappa shape index (κ1) is 7.07. The van der Waals surface area contributed by atoms with Gasteiger partial charge in [-0.1, -0.05) is 0 Å². The lowest BCUT2D eigenvalue weighted by molar-refractivity contribution is -0.133. The van der Waals surface area contributed by atoms with Crippen molar-refractivity contribution in [3.8, 4) is 0 Å². The maximum absolute atomic E-state index is 10.7. The normalized spacial score (nSPS) is 25.7. The second-order valence-electron chi connectivity index (χ2n) is 1.63. The summed E-state index contributed by atoms with van der Waals surface area (Å²) < 4.78 is 10.7. The molecule has 5 nitrogen and oxygen atoms in total. The van der Waals surface area contributed by atoms with Gasteiger partial charge in [-0.25, -0.2) is 9.63 Å². The molecule has 1 aliphatic heterocycles. The molecule has 1 atom stereocenters. The third kappa shape index (κ3) is 0.971. The number of nitrogens with zero attached hydrogens (tertiary/aromatic N) is 1. The zero-order valence-corrected chi connectivity index (χ0v) is 5.90. The summed E-state index contributed by atoms with van der Waals surface area (Å²) in [7, 11) is -1.86. The van der Waals surface area contributed by atoms with E-state index >= 15 is 0 Å². The van der Waals surface area contributed by atoms with E-state index in [1.807, 2.05) is 5.43 Å². The predicted octanol–water partition coefficient (Wildman–Crippen LogP) is -1.28. The van der Waals surface area contributed by atoms with Gasteiger partial charge in [0, 0.05) is 0 Å². The Morgan fingerprint density at radius 2 is 2.10 bits per heavy atom. The minimum absolute atomic E-state index is 0.129. The Labute approximate surface area is 58.9 Å². The molecule has 0 bridgehead atoms. The smallest absolute Gasteiger partial charge is 0.273 e. The Balaban J connectivity index is 3.03. The van der Waals surface area contributed by atoms with Crippen molar-refractivity contribution in [2.24, 2.45) is 5.10 Å². The van der Waals surface area contributed by atoms with Gasteiger partial charge in [-0.2, -0.15) is 5.10 Å². The molecule has 0 aromatic carbocycles. The van der Waals surface area contributed by atoms with Crippen LogP contribution in [0.25, 0.3) is 0 Å². The van der Waals surface area contributed by atoms with Crippen molar-refractivity contribution in [1.82, 2.24) is 5.43 Å². The van der Waals surface area contributed by atoms with E-state index in [1.165, 1.54) is 6.92 Å². The van der Waals surface area contributed by atoms with E-state index in [1.54, 1.807) is 0 Å². The molecule has 0 aromatic heterocycles. The first-order valence-electron chi connectivity index (χ1n) is 2.43. The van der Waals surface area contributed by atoms with Gasteiger partial charge in [0.15, 0.2) is 0 Å². The van der Waals surface area contributed by atoms with Crippen LogP contribution < -0.4 is 5.43 Å². The fourth-order valence-corrected chi connectivity index (χ4v) is 1.05. The monoisotopic (exact) mass is 160 g/mol. The summed E-state index contributed by atoms with van der Waals surface area (Å²) in [6.45, 7) is 1.41. The predicted molar refractivity (Wildman–Crippen MR) is 34.4 cm³/mol. The number of nitrogens with one attached hydrogen (secondary N) is 1. The number of hydrogen-bond donors (Lipinski definition) is 1. The molecule has 0 aromatic rings. The van der Waals surface area contributed by atoms with Crippen LogP contribution in [-0.2, 0) is 20.4 Å². The van der Waals surface area contributed by atoms with E-state index in [0.29, 0.717) is 0 Å². The zero-order valence-electron chi connectivity index (χ0n) is 5.08. The van der Waals surface area contributed by atoms with Crippen molar-refractivity contribution >= 4 is 26.9 Å². The highest BCUT2D eigenvalue weighted by Gasteiger charge is 2.27. The van der Waals surface area contributed by atoms with E-state index in [2.05, 4.69) is 5.10 Å². The molecule has 10 heavy (non-hydrogen) atoms. The second-order valence-corrected chi connectivity index (χ2v) is 3.13. The molecule has 1 aliphatic rings. The molecule has 1 unspecified atom stereocenters. The summed E-state index contributed by atoms with van der Waals surface area (Å²) in [5, 5.41) is 2.53. The van der Waals surface area contributed by atoms with Gasteiger partial charge in [0.25, 0.3) is 0 Å². The number of hydrogen-bond acceptors (Lipinski definition) is 4. The van der Waals surface area contributed by atoms with E-state index in [-0.39, 0.29) is 5.04 Å².